The molecule has 0 saturated carbocycles. The van der Waals surface area contributed by atoms with E-state index in [0.717, 1.165) is 48.8 Å². The van der Waals surface area contributed by atoms with Crippen LogP contribution in [-0.2, 0) is 20.8 Å². The summed E-state index contributed by atoms with van der Waals surface area (Å²) in [5.41, 5.74) is 3.17. The van der Waals surface area contributed by atoms with E-state index in [1.54, 1.807) is 6.92 Å². The van der Waals surface area contributed by atoms with Crippen LogP contribution in [0.15, 0.2) is 12.1 Å². The van der Waals surface area contributed by atoms with Crippen molar-refractivity contribution < 1.29 is 24.0 Å². The molecule has 3 unspecified atom stereocenters. The summed E-state index contributed by atoms with van der Waals surface area (Å²) < 4.78 is 0. The van der Waals surface area contributed by atoms with E-state index in [1.807, 2.05) is 32.9 Å². The number of ketones is 5. The molecule has 0 radical (unpaired) electrons. The Morgan fingerprint density at radius 1 is 0.971 bits per heavy atom. The third-order valence-electron chi connectivity index (χ3n) is 6.83. The predicted molar refractivity (Wildman–Crippen MR) is 135 cm³/mol. The summed E-state index contributed by atoms with van der Waals surface area (Å²) in [5.74, 6) is 0.600. The smallest absolute Gasteiger partial charge is 0.163 e. The van der Waals surface area contributed by atoms with Gasteiger partial charge in [0.15, 0.2) is 11.6 Å². The number of fused-ring (bicyclic) bond motifs is 1. The fourth-order valence-corrected chi connectivity index (χ4v) is 5.10. The zero-order valence-electron chi connectivity index (χ0n) is 22.1. The Kier molecular flexibility index (Phi) is 12.3. The van der Waals surface area contributed by atoms with E-state index < -0.39 is 0 Å². The average Bonchev–Trinajstić information content (AvgIpc) is 2.73. The molecule has 0 spiro atoms. The molecule has 34 heavy (non-hydrogen) atoms. The van der Waals surface area contributed by atoms with Crippen molar-refractivity contribution >= 4 is 28.9 Å². The van der Waals surface area contributed by atoms with Gasteiger partial charge in [-0.1, -0.05) is 45.7 Å². The molecule has 0 bridgehead atoms. The van der Waals surface area contributed by atoms with Gasteiger partial charge in [-0.15, -0.1) is 0 Å². The summed E-state index contributed by atoms with van der Waals surface area (Å²) in [7, 11) is 0. The van der Waals surface area contributed by atoms with Crippen molar-refractivity contribution in [3.05, 3.63) is 34.4 Å². The Morgan fingerprint density at radius 3 is 2.06 bits per heavy atom. The normalized spacial score (nSPS) is 16.6. The number of carbonyl (C=O) groups excluding carboxylic acids is 5. The summed E-state index contributed by atoms with van der Waals surface area (Å²) in [6.45, 7) is 12.4. The minimum atomic E-state index is -0.114. The molecule has 1 aliphatic rings. The molecule has 0 N–H and O–H groups in total. The zero-order valence-corrected chi connectivity index (χ0v) is 22.1. The van der Waals surface area contributed by atoms with Crippen LogP contribution in [0.1, 0.15) is 118 Å². The van der Waals surface area contributed by atoms with Crippen molar-refractivity contribution in [1.29, 1.82) is 0 Å². The highest BCUT2D eigenvalue weighted by atomic mass is 16.2. The van der Waals surface area contributed by atoms with Gasteiger partial charge >= 0.3 is 0 Å². The Balaban J connectivity index is 0.00000104. The van der Waals surface area contributed by atoms with Gasteiger partial charge in [0.05, 0.1) is 6.42 Å². The van der Waals surface area contributed by atoms with E-state index in [4.69, 9.17) is 0 Å². The van der Waals surface area contributed by atoms with Gasteiger partial charge < -0.3 is 4.79 Å². The first-order valence-corrected chi connectivity index (χ1v) is 12.6. The fourth-order valence-electron chi connectivity index (χ4n) is 5.10. The first-order valence-electron chi connectivity index (χ1n) is 12.6. The first kappa shape index (κ1) is 29.6. The van der Waals surface area contributed by atoms with Crippen LogP contribution in [-0.4, -0.2) is 28.9 Å². The second kappa shape index (κ2) is 14.1. The van der Waals surface area contributed by atoms with Crippen molar-refractivity contribution in [2.45, 2.75) is 99.8 Å². The summed E-state index contributed by atoms with van der Waals surface area (Å²) in [6, 6.07) is 3.76. The van der Waals surface area contributed by atoms with Crippen LogP contribution < -0.4 is 0 Å². The third kappa shape index (κ3) is 8.41. The summed E-state index contributed by atoms with van der Waals surface area (Å²) >= 11 is 0. The molecule has 1 aliphatic carbocycles. The monoisotopic (exact) mass is 470 g/mol. The molecule has 0 fully saturated rings. The van der Waals surface area contributed by atoms with E-state index in [-0.39, 0.29) is 53.1 Å². The van der Waals surface area contributed by atoms with Crippen LogP contribution in [0.2, 0.25) is 0 Å². The van der Waals surface area contributed by atoms with Gasteiger partial charge in [-0.2, -0.15) is 0 Å². The third-order valence-corrected chi connectivity index (χ3v) is 6.83. The lowest BCUT2D eigenvalue weighted by atomic mass is 9.72. The molecule has 0 aliphatic heterocycles. The Morgan fingerprint density at radius 2 is 1.59 bits per heavy atom. The Hall–Kier alpha value is -2.43. The van der Waals surface area contributed by atoms with Crippen LogP contribution in [0, 0.1) is 24.7 Å². The maximum Gasteiger partial charge on any atom is 0.163 e. The minimum Gasteiger partial charge on any atom is -0.300 e. The Bertz CT molecular complexity index is 911. The van der Waals surface area contributed by atoms with Crippen LogP contribution in [0.4, 0.5) is 0 Å². The molecule has 0 amide bonds. The predicted octanol–water partition coefficient (Wildman–Crippen LogP) is 6.31. The Labute approximate surface area is 205 Å². The topological polar surface area (TPSA) is 85.3 Å². The fraction of sp³-hybridized carbons (Fsp3) is 0.621. The van der Waals surface area contributed by atoms with E-state index in [0.29, 0.717) is 18.4 Å². The molecule has 5 heteroatoms. The summed E-state index contributed by atoms with van der Waals surface area (Å²) in [5, 5.41) is 0. The molecule has 0 aromatic heterocycles. The second-order valence-corrected chi connectivity index (χ2v) is 9.73. The minimum absolute atomic E-state index is 0.0121. The lowest BCUT2D eigenvalue weighted by molar-refractivity contribution is -0.130. The van der Waals surface area contributed by atoms with E-state index in [2.05, 4.69) is 6.92 Å². The molecule has 0 heterocycles. The lowest BCUT2D eigenvalue weighted by Crippen LogP contribution is -2.30. The van der Waals surface area contributed by atoms with Crippen LogP contribution >= 0.6 is 0 Å². The highest BCUT2D eigenvalue weighted by Gasteiger charge is 2.33. The number of carbonyl (C=O) groups is 5. The SMILES string of the molecule is CCC(C)=O.CCCC(CC1CC(=O)c2c(ccc(C(C)=O)c2C)C1)C(CC)C(=O)CC(C)=O. The van der Waals surface area contributed by atoms with Gasteiger partial charge in [-0.05, 0) is 69.9 Å². The standard InChI is InChI=1S/C25H34O4.C4H8O/c1-6-8-19(21(7-2)23(28)11-15(3)26)12-18-13-20-9-10-22(17(5)27)16(4)25(20)24(29)14-18;1-3-4(2)5/h9-10,18-19,21H,6-8,11-14H2,1-5H3;3H2,1-2H3. The van der Waals surface area contributed by atoms with Crippen LogP contribution in [0.25, 0.3) is 0 Å². The van der Waals surface area contributed by atoms with Crippen molar-refractivity contribution in [2.75, 3.05) is 0 Å². The first-order chi connectivity index (χ1) is 16.0. The van der Waals surface area contributed by atoms with E-state index in [9.17, 15) is 24.0 Å². The molecule has 0 saturated heterocycles. The summed E-state index contributed by atoms with van der Waals surface area (Å²) in [6.07, 6.45) is 5.42. The van der Waals surface area contributed by atoms with Gasteiger partial charge in [0.1, 0.15) is 17.3 Å². The quantitative estimate of drug-likeness (QED) is 0.279. The molecule has 1 aromatic carbocycles. The molecule has 3 atom stereocenters. The molecule has 5 nitrogen and oxygen atoms in total. The summed E-state index contributed by atoms with van der Waals surface area (Å²) in [4.78, 5) is 58.6. The van der Waals surface area contributed by atoms with Gasteiger partial charge in [0, 0.05) is 29.9 Å². The lowest BCUT2D eigenvalue weighted by Gasteiger charge is -2.32. The molecule has 1 aromatic rings. The van der Waals surface area contributed by atoms with Gasteiger partial charge in [0.2, 0.25) is 0 Å². The van der Waals surface area contributed by atoms with Crippen molar-refractivity contribution in [1.82, 2.24) is 0 Å². The van der Waals surface area contributed by atoms with Gasteiger partial charge in [-0.3, -0.25) is 19.2 Å². The van der Waals surface area contributed by atoms with E-state index >= 15 is 0 Å². The van der Waals surface area contributed by atoms with Crippen molar-refractivity contribution in [2.24, 2.45) is 17.8 Å². The van der Waals surface area contributed by atoms with E-state index in [1.165, 1.54) is 13.8 Å². The molecule has 188 valence electrons. The van der Waals surface area contributed by atoms with Crippen LogP contribution in [0.5, 0.6) is 0 Å². The average molecular weight is 471 g/mol. The number of rotatable bonds is 11. The zero-order chi connectivity index (χ0) is 26.0. The molecular weight excluding hydrogens is 428 g/mol. The molecular formula is C29H42O5. The molecule has 2 rings (SSSR count). The van der Waals surface area contributed by atoms with Crippen molar-refractivity contribution in [3.8, 4) is 0 Å². The highest BCUT2D eigenvalue weighted by molar-refractivity contribution is 6.04. The van der Waals surface area contributed by atoms with Gasteiger partial charge in [0.25, 0.3) is 0 Å². The number of Topliss-reactive ketones (excluding diaryl/α,β-unsaturated/α-hetero) is 5. The van der Waals surface area contributed by atoms with Crippen LogP contribution in [0.3, 0.4) is 0 Å². The number of hydrogen-bond acceptors (Lipinski definition) is 5. The number of hydrogen-bond donors (Lipinski definition) is 0. The second-order valence-electron chi connectivity index (χ2n) is 9.73. The maximum absolute atomic E-state index is 12.9. The largest absolute Gasteiger partial charge is 0.300 e. The van der Waals surface area contributed by atoms with Gasteiger partial charge in [-0.25, -0.2) is 0 Å². The van der Waals surface area contributed by atoms with Crippen molar-refractivity contribution in [3.63, 3.8) is 0 Å². The highest BCUT2D eigenvalue weighted by Crippen LogP contribution is 2.37. The maximum atomic E-state index is 12.9. The number of benzene rings is 1.